The lowest BCUT2D eigenvalue weighted by molar-refractivity contribution is 0.132. The van der Waals surface area contributed by atoms with Crippen LogP contribution in [0.1, 0.15) is 25.7 Å². The second-order valence-corrected chi connectivity index (χ2v) is 6.95. The van der Waals surface area contributed by atoms with E-state index in [0.717, 1.165) is 19.5 Å². The smallest absolute Gasteiger partial charge is 0.321 e. The van der Waals surface area contributed by atoms with E-state index in [2.05, 4.69) is 10.2 Å². The summed E-state index contributed by atoms with van der Waals surface area (Å²) >= 11 is 11.9. The van der Waals surface area contributed by atoms with Gasteiger partial charge in [-0.15, -0.1) is 0 Å². The molecule has 1 atom stereocenters. The van der Waals surface area contributed by atoms with Crippen LogP contribution in [0.25, 0.3) is 0 Å². The molecule has 1 N–H and O–H groups in total. The summed E-state index contributed by atoms with van der Waals surface area (Å²) in [6.45, 7) is 3.96. The van der Waals surface area contributed by atoms with Gasteiger partial charge in [-0.25, -0.2) is 4.79 Å². The highest BCUT2D eigenvalue weighted by atomic mass is 35.5. The zero-order valence-electron chi connectivity index (χ0n) is 12.5. The lowest BCUT2D eigenvalue weighted by Gasteiger charge is -2.37. The van der Waals surface area contributed by atoms with Crippen LogP contribution in [-0.2, 0) is 0 Å². The topological polar surface area (TPSA) is 35.6 Å². The number of rotatable bonds is 2. The first-order valence-electron chi connectivity index (χ1n) is 7.88. The quantitative estimate of drug-likeness (QED) is 0.879. The number of nitrogens with one attached hydrogen (secondary N) is 1. The molecule has 0 unspecified atom stereocenters. The molecule has 0 bridgehead atoms. The van der Waals surface area contributed by atoms with Crippen molar-refractivity contribution in [2.75, 3.05) is 31.5 Å². The van der Waals surface area contributed by atoms with Crippen LogP contribution in [0.3, 0.4) is 0 Å². The Hall–Kier alpha value is -0.970. The van der Waals surface area contributed by atoms with Crippen LogP contribution in [0.5, 0.6) is 0 Å². The first-order chi connectivity index (χ1) is 10.6. The Labute approximate surface area is 141 Å². The number of nitrogens with zero attached hydrogens (tertiary/aromatic N) is 2. The maximum atomic E-state index is 12.5. The summed E-state index contributed by atoms with van der Waals surface area (Å²) in [5, 5.41) is 3.95. The number of likely N-dealkylation sites (tertiary alicyclic amines) is 2. The van der Waals surface area contributed by atoms with Crippen molar-refractivity contribution >= 4 is 34.9 Å². The minimum atomic E-state index is -0.0674. The van der Waals surface area contributed by atoms with E-state index in [1.807, 2.05) is 4.90 Å². The van der Waals surface area contributed by atoms with E-state index < -0.39 is 0 Å². The molecule has 0 saturated carbocycles. The Morgan fingerprint density at radius 3 is 2.41 bits per heavy atom. The fourth-order valence-corrected chi connectivity index (χ4v) is 3.90. The average Bonchev–Trinajstić information content (AvgIpc) is 3.00. The predicted octanol–water partition coefficient (Wildman–Crippen LogP) is 4.09. The number of urea groups is 1. The van der Waals surface area contributed by atoms with E-state index >= 15 is 0 Å². The highest BCUT2D eigenvalue weighted by molar-refractivity contribution is 6.35. The van der Waals surface area contributed by atoms with Gasteiger partial charge in [-0.3, -0.25) is 4.90 Å². The minimum absolute atomic E-state index is 0.0674. The average molecular weight is 342 g/mol. The number of anilines is 1. The van der Waals surface area contributed by atoms with Crippen molar-refractivity contribution in [3.63, 3.8) is 0 Å². The molecule has 2 amide bonds. The maximum Gasteiger partial charge on any atom is 0.321 e. The molecule has 0 aliphatic carbocycles. The minimum Gasteiger partial charge on any atom is -0.323 e. The monoisotopic (exact) mass is 341 g/mol. The SMILES string of the molecule is O=C(Nc1cc(Cl)cc(Cl)c1)N1CCC[C@@H](N2CCCC2)C1. The molecule has 1 aromatic carbocycles. The van der Waals surface area contributed by atoms with Crippen LogP contribution in [0.2, 0.25) is 10.0 Å². The van der Waals surface area contributed by atoms with Gasteiger partial charge in [-0.1, -0.05) is 23.2 Å². The molecule has 0 radical (unpaired) electrons. The Balaban J connectivity index is 1.61. The number of hydrogen-bond donors (Lipinski definition) is 1. The van der Waals surface area contributed by atoms with Gasteiger partial charge in [0, 0.05) is 34.9 Å². The summed E-state index contributed by atoms with van der Waals surface area (Å²) in [7, 11) is 0. The van der Waals surface area contributed by atoms with Gasteiger partial charge in [-0.2, -0.15) is 0 Å². The number of halogens is 2. The number of piperidine rings is 1. The third-order valence-electron chi connectivity index (χ3n) is 4.45. The van der Waals surface area contributed by atoms with Gasteiger partial charge in [0.15, 0.2) is 0 Å². The number of amides is 2. The number of hydrogen-bond acceptors (Lipinski definition) is 2. The fraction of sp³-hybridized carbons (Fsp3) is 0.562. The van der Waals surface area contributed by atoms with E-state index in [0.29, 0.717) is 21.8 Å². The zero-order chi connectivity index (χ0) is 15.5. The van der Waals surface area contributed by atoms with Gasteiger partial charge >= 0.3 is 6.03 Å². The van der Waals surface area contributed by atoms with Crippen molar-refractivity contribution in [2.45, 2.75) is 31.7 Å². The van der Waals surface area contributed by atoms with E-state index in [-0.39, 0.29) is 6.03 Å². The van der Waals surface area contributed by atoms with Crippen LogP contribution in [-0.4, -0.2) is 48.1 Å². The molecule has 22 heavy (non-hydrogen) atoms. The van der Waals surface area contributed by atoms with Crippen molar-refractivity contribution in [1.82, 2.24) is 9.80 Å². The largest absolute Gasteiger partial charge is 0.323 e. The van der Waals surface area contributed by atoms with Crippen LogP contribution >= 0.6 is 23.2 Å². The van der Waals surface area contributed by atoms with Gasteiger partial charge < -0.3 is 10.2 Å². The molecule has 120 valence electrons. The Bertz CT molecular complexity index is 526. The van der Waals surface area contributed by atoms with E-state index in [1.54, 1.807) is 18.2 Å². The van der Waals surface area contributed by atoms with E-state index in [1.165, 1.54) is 32.4 Å². The van der Waals surface area contributed by atoms with Gasteiger partial charge in [0.25, 0.3) is 0 Å². The Morgan fingerprint density at radius 2 is 1.73 bits per heavy atom. The Morgan fingerprint density at radius 1 is 1.05 bits per heavy atom. The van der Waals surface area contributed by atoms with Crippen LogP contribution in [0.4, 0.5) is 10.5 Å². The van der Waals surface area contributed by atoms with Gasteiger partial charge in [0.05, 0.1) is 0 Å². The number of carbonyl (C=O) groups is 1. The van der Waals surface area contributed by atoms with Gasteiger partial charge in [0.1, 0.15) is 0 Å². The first-order valence-corrected chi connectivity index (χ1v) is 8.63. The van der Waals surface area contributed by atoms with Gasteiger partial charge in [0.2, 0.25) is 0 Å². The summed E-state index contributed by atoms with van der Waals surface area (Å²) in [5.41, 5.74) is 0.644. The Kier molecular flexibility index (Phi) is 5.11. The molecule has 0 aromatic heterocycles. The second kappa shape index (κ2) is 7.07. The summed E-state index contributed by atoms with van der Waals surface area (Å²) in [5.74, 6) is 0. The van der Waals surface area contributed by atoms with Crippen molar-refractivity contribution in [1.29, 1.82) is 0 Å². The zero-order valence-corrected chi connectivity index (χ0v) is 14.0. The standard InChI is InChI=1S/C16H21Cl2N3O/c17-12-8-13(18)10-14(9-12)19-16(22)21-7-3-4-15(11-21)20-5-1-2-6-20/h8-10,15H,1-7,11H2,(H,19,22)/t15-/m1/s1. The molecule has 1 aromatic rings. The number of carbonyl (C=O) groups excluding carboxylic acids is 1. The maximum absolute atomic E-state index is 12.5. The van der Waals surface area contributed by atoms with E-state index in [9.17, 15) is 4.79 Å². The molecule has 2 aliphatic rings. The molecule has 2 heterocycles. The first kappa shape index (κ1) is 15.9. The highest BCUT2D eigenvalue weighted by Gasteiger charge is 2.29. The van der Waals surface area contributed by atoms with Crippen LogP contribution in [0.15, 0.2) is 18.2 Å². The molecule has 6 heteroatoms. The van der Waals surface area contributed by atoms with Crippen LogP contribution in [0, 0.1) is 0 Å². The lowest BCUT2D eigenvalue weighted by Crippen LogP contribution is -2.50. The summed E-state index contributed by atoms with van der Waals surface area (Å²) < 4.78 is 0. The molecule has 2 aliphatic heterocycles. The molecule has 2 saturated heterocycles. The summed E-state index contributed by atoms with van der Waals surface area (Å²) in [6, 6.07) is 5.52. The summed E-state index contributed by atoms with van der Waals surface area (Å²) in [6.07, 6.45) is 4.81. The van der Waals surface area contributed by atoms with Crippen molar-refractivity contribution < 1.29 is 4.79 Å². The van der Waals surface area contributed by atoms with Crippen molar-refractivity contribution in [3.8, 4) is 0 Å². The van der Waals surface area contributed by atoms with Gasteiger partial charge in [-0.05, 0) is 57.0 Å². The molecule has 4 nitrogen and oxygen atoms in total. The third kappa shape index (κ3) is 3.86. The molecular formula is C16H21Cl2N3O. The summed E-state index contributed by atoms with van der Waals surface area (Å²) in [4.78, 5) is 16.9. The molecular weight excluding hydrogens is 321 g/mol. The molecule has 2 fully saturated rings. The highest BCUT2D eigenvalue weighted by Crippen LogP contribution is 2.24. The van der Waals surface area contributed by atoms with E-state index in [4.69, 9.17) is 23.2 Å². The van der Waals surface area contributed by atoms with Crippen molar-refractivity contribution in [2.24, 2.45) is 0 Å². The molecule has 3 rings (SSSR count). The normalized spacial score (nSPS) is 22.8. The number of benzene rings is 1. The fourth-order valence-electron chi connectivity index (χ4n) is 3.37. The predicted molar refractivity (Wildman–Crippen MR) is 90.9 cm³/mol. The third-order valence-corrected chi connectivity index (χ3v) is 4.89. The molecule has 0 spiro atoms. The van der Waals surface area contributed by atoms with Crippen molar-refractivity contribution in [3.05, 3.63) is 28.2 Å². The lowest BCUT2D eigenvalue weighted by atomic mass is 10.0. The second-order valence-electron chi connectivity index (χ2n) is 6.07. The van der Waals surface area contributed by atoms with Crippen LogP contribution < -0.4 is 5.32 Å².